The molecule has 1 saturated heterocycles. The minimum absolute atomic E-state index is 0.609. The van der Waals surface area contributed by atoms with Crippen molar-refractivity contribution in [1.29, 1.82) is 5.26 Å². The van der Waals surface area contributed by atoms with Gasteiger partial charge in [0.2, 0.25) is 0 Å². The van der Waals surface area contributed by atoms with Crippen LogP contribution in [0.4, 0.5) is 0 Å². The summed E-state index contributed by atoms with van der Waals surface area (Å²) in [5.74, 6) is 2.16. The van der Waals surface area contributed by atoms with Crippen molar-refractivity contribution in [3.8, 4) is 17.6 Å². The van der Waals surface area contributed by atoms with E-state index in [4.69, 9.17) is 14.5 Å². The van der Waals surface area contributed by atoms with Crippen LogP contribution in [0.15, 0.2) is 71.3 Å². The number of nitrogens with zero attached hydrogens (tertiary/aromatic N) is 4. The molecule has 0 saturated carbocycles. The third-order valence-corrected chi connectivity index (χ3v) is 7.21. The van der Waals surface area contributed by atoms with Crippen LogP contribution < -0.4 is 4.74 Å². The second-order valence-corrected chi connectivity index (χ2v) is 10.3. The Labute approximate surface area is 219 Å². The molecule has 0 aliphatic carbocycles. The van der Waals surface area contributed by atoms with Crippen molar-refractivity contribution >= 4 is 11.0 Å². The highest BCUT2D eigenvalue weighted by atomic mass is 16.5. The molecule has 0 spiro atoms. The molecule has 1 aliphatic rings. The van der Waals surface area contributed by atoms with Crippen LogP contribution in [-0.4, -0.2) is 42.1 Å². The van der Waals surface area contributed by atoms with Crippen LogP contribution >= 0.6 is 0 Å². The average Bonchev–Trinajstić information content (AvgIpc) is 3.34. The molecule has 5 rings (SSSR count). The lowest BCUT2D eigenvalue weighted by atomic mass is 9.91. The summed E-state index contributed by atoms with van der Waals surface area (Å²) < 4.78 is 12.1. The summed E-state index contributed by atoms with van der Waals surface area (Å²) in [6.07, 6.45) is 4.52. The van der Waals surface area contributed by atoms with Crippen molar-refractivity contribution < 1.29 is 9.26 Å². The first-order chi connectivity index (χ1) is 18.1. The normalized spacial score (nSPS) is 14.8. The molecule has 1 aromatic heterocycles. The van der Waals surface area contributed by atoms with Crippen molar-refractivity contribution in [3.63, 3.8) is 0 Å². The smallest absolute Gasteiger partial charge is 0.175 e. The summed E-state index contributed by atoms with van der Waals surface area (Å²) in [4.78, 5) is 4.67. The van der Waals surface area contributed by atoms with Crippen molar-refractivity contribution in [1.82, 2.24) is 15.0 Å². The topological polar surface area (TPSA) is 65.5 Å². The number of ether oxygens (including phenoxy) is 1. The molecule has 6 nitrogen and oxygen atoms in total. The monoisotopic (exact) mass is 494 g/mol. The van der Waals surface area contributed by atoms with E-state index in [2.05, 4.69) is 57.4 Å². The van der Waals surface area contributed by atoms with E-state index in [9.17, 15) is 0 Å². The predicted octanol–water partition coefficient (Wildman–Crippen LogP) is 6.40. The number of hydrogen-bond acceptors (Lipinski definition) is 6. The summed E-state index contributed by atoms with van der Waals surface area (Å²) >= 11 is 0. The maximum Gasteiger partial charge on any atom is 0.175 e. The lowest BCUT2D eigenvalue weighted by Crippen LogP contribution is -2.33. The average molecular weight is 495 g/mol. The Morgan fingerprint density at radius 1 is 1.03 bits per heavy atom. The molecule has 0 bridgehead atoms. The van der Waals surface area contributed by atoms with Crippen LogP contribution in [0.3, 0.4) is 0 Å². The van der Waals surface area contributed by atoms with E-state index in [1.165, 1.54) is 18.4 Å². The van der Waals surface area contributed by atoms with Crippen molar-refractivity contribution in [2.24, 2.45) is 5.92 Å². The van der Waals surface area contributed by atoms with Crippen molar-refractivity contribution in [2.75, 3.05) is 27.2 Å². The number of rotatable bonds is 9. The number of fused-ring (bicyclic) bond motifs is 1. The quantitative estimate of drug-likeness (QED) is 0.268. The summed E-state index contributed by atoms with van der Waals surface area (Å²) in [5, 5.41) is 14.6. The van der Waals surface area contributed by atoms with Gasteiger partial charge in [-0.2, -0.15) is 5.26 Å². The molecule has 190 valence electrons. The molecule has 6 heteroatoms. The number of aryl methyl sites for hydroxylation is 1. The van der Waals surface area contributed by atoms with Gasteiger partial charge in [-0.05, 0) is 101 Å². The van der Waals surface area contributed by atoms with Gasteiger partial charge in [0, 0.05) is 18.5 Å². The minimum Gasteiger partial charge on any atom is -0.457 e. The second kappa shape index (κ2) is 11.6. The Morgan fingerprint density at radius 3 is 2.49 bits per heavy atom. The highest BCUT2D eigenvalue weighted by Crippen LogP contribution is 2.35. The lowest BCUT2D eigenvalue weighted by Gasteiger charge is -2.31. The fourth-order valence-corrected chi connectivity index (χ4v) is 5.17. The van der Waals surface area contributed by atoms with Crippen LogP contribution in [0.2, 0.25) is 0 Å². The number of nitriles is 1. The fraction of sp³-hybridized carbons (Fsp3) is 0.355. The highest BCUT2D eigenvalue weighted by molar-refractivity contribution is 5.84. The van der Waals surface area contributed by atoms with Gasteiger partial charge >= 0.3 is 0 Å². The third kappa shape index (κ3) is 6.19. The van der Waals surface area contributed by atoms with Gasteiger partial charge in [-0.3, -0.25) is 4.90 Å². The zero-order valence-corrected chi connectivity index (χ0v) is 21.7. The molecule has 3 aromatic carbocycles. The zero-order chi connectivity index (χ0) is 25.6. The molecule has 1 fully saturated rings. The highest BCUT2D eigenvalue weighted by Gasteiger charge is 2.22. The van der Waals surface area contributed by atoms with Crippen LogP contribution in [0.1, 0.15) is 41.6 Å². The molecule has 2 heterocycles. The standard InChI is InChI=1S/C31H34N4O2/c1-34(2)22-28-30(36-26-11-8-24(20-32)9-12-26)15-13-27-29(33-37-31(27)28)14-10-23-16-18-35(19-17-23)21-25-6-4-3-5-7-25/h3-9,11-13,15,23H,10,14,16-19,21-22H2,1-2H3. The van der Waals surface area contributed by atoms with Gasteiger partial charge in [0.25, 0.3) is 0 Å². The predicted molar refractivity (Wildman–Crippen MR) is 145 cm³/mol. The van der Waals surface area contributed by atoms with E-state index in [1.54, 1.807) is 12.1 Å². The van der Waals surface area contributed by atoms with Crippen molar-refractivity contribution in [3.05, 3.63) is 89.1 Å². The van der Waals surface area contributed by atoms with E-state index < -0.39 is 0 Å². The Hall–Kier alpha value is -3.66. The van der Waals surface area contributed by atoms with Gasteiger partial charge in [-0.15, -0.1) is 0 Å². The minimum atomic E-state index is 0.609. The van der Waals surface area contributed by atoms with E-state index in [-0.39, 0.29) is 0 Å². The van der Waals surface area contributed by atoms with Gasteiger partial charge < -0.3 is 14.2 Å². The van der Waals surface area contributed by atoms with E-state index in [0.717, 1.165) is 66.4 Å². The molecule has 0 N–H and O–H groups in total. The molecule has 4 aromatic rings. The molecular formula is C31H34N4O2. The van der Waals surface area contributed by atoms with Crippen molar-refractivity contribution in [2.45, 2.75) is 38.8 Å². The van der Waals surface area contributed by atoms with E-state index >= 15 is 0 Å². The lowest BCUT2D eigenvalue weighted by molar-refractivity contribution is 0.172. The Morgan fingerprint density at radius 2 is 1.78 bits per heavy atom. The fourth-order valence-electron chi connectivity index (χ4n) is 5.17. The molecule has 0 atom stereocenters. The molecular weight excluding hydrogens is 460 g/mol. The van der Waals surface area contributed by atoms with Crippen LogP contribution in [0, 0.1) is 17.2 Å². The van der Waals surface area contributed by atoms with Gasteiger partial charge in [0.1, 0.15) is 11.5 Å². The van der Waals surface area contributed by atoms with Gasteiger partial charge in [-0.1, -0.05) is 35.5 Å². The number of likely N-dealkylation sites (tertiary alicyclic amines) is 1. The largest absolute Gasteiger partial charge is 0.457 e. The number of aromatic nitrogens is 1. The van der Waals surface area contributed by atoms with Gasteiger partial charge in [0.15, 0.2) is 5.58 Å². The molecule has 0 radical (unpaired) electrons. The Bertz CT molecular complexity index is 1350. The summed E-state index contributed by atoms with van der Waals surface area (Å²) in [6, 6.07) is 24.1. The van der Waals surface area contributed by atoms with Crippen LogP contribution in [0.5, 0.6) is 11.5 Å². The summed E-state index contributed by atoms with van der Waals surface area (Å²) in [6.45, 7) is 4.03. The van der Waals surface area contributed by atoms with Gasteiger partial charge in [-0.25, -0.2) is 0 Å². The molecule has 1 aliphatic heterocycles. The summed E-state index contributed by atoms with van der Waals surface area (Å²) in [7, 11) is 4.07. The molecule has 37 heavy (non-hydrogen) atoms. The second-order valence-electron chi connectivity index (χ2n) is 10.3. The maximum atomic E-state index is 9.06. The number of hydrogen-bond donors (Lipinski definition) is 0. The van der Waals surface area contributed by atoms with E-state index in [1.807, 2.05) is 32.3 Å². The zero-order valence-electron chi connectivity index (χ0n) is 21.7. The maximum absolute atomic E-state index is 9.06. The number of benzene rings is 3. The SMILES string of the molecule is CN(C)Cc1c(Oc2ccc(C#N)cc2)ccc2c(CCC3CCN(Cc4ccccc4)CC3)noc12. The molecule has 0 unspecified atom stereocenters. The van der Waals surface area contributed by atoms with Crippen LogP contribution in [0.25, 0.3) is 11.0 Å². The van der Waals surface area contributed by atoms with E-state index in [0.29, 0.717) is 17.9 Å². The summed E-state index contributed by atoms with van der Waals surface area (Å²) in [5.41, 5.74) is 4.82. The molecule has 0 amide bonds. The Balaban J connectivity index is 1.25. The first-order valence-electron chi connectivity index (χ1n) is 13.1. The van der Waals surface area contributed by atoms with Gasteiger partial charge in [0.05, 0.1) is 22.9 Å². The Kier molecular flexibility index (Phi) is 7.84. The first kappa shape index (κ1) is 25.0. The van der Waals surface area contributed by atoms with Crippen LogP contribution in [-0.2, 0) is 19.5 Å². The first-order valence-corrected chi connectivity index (χ1v) is 13.1. The third-order valence-electron chi connectivity index (χ3n) is 7.21. The number of piperidine rings is 1.